The number of anilines is 1. The van der Waals surface area contributed by atoms with Gasteiger partial charge in [0.25, 0.3) is 5.91 Å². The van der Waals surface area contributed by atoms with E-state index in [0.717, 1.165) is 60.4 Å². The molecule has 1 fully saturated rings. The summed E-state index contributed by atoms with van der Waals surface area (Å²) >= 11 is 1.57. The Bertz CT molecular complexity index is 1010. The van der Waals surface area contributed by atoms with Crippen LogP contribution in [0.15, 0.2) is 18.2 Å². The van der Waals surface area contributed by atoms with Gasteiger partial charge in [-0.1, -0.05) is 11.3 Å². The van der Waals surface area contributed by atoms with Crippen molar-refractivity contribution >= 4 is 32.6 Å². The molecule has 0 N–H and O–H groups in total. The van der Waals surface area contributed by atoms with E-state index in [0.29, 0.717) is 12.2 Å². The van der Waals surface area contributed by atoms with E-state index in [1.807, 2.05) is 24.6 Å². The van der Waals surface area contributed by atoms with E-state index >= 15 is 0 Å². The first-order valence-corrected chi connectivity index (χ1v) is 11.3. The second kappa shape index (κ2) is 8.83. The van der Waals surface area contributed by atoms with Crippen LogP contribution in [0.1, 0.15) is 34.2 Å². The molecule has 4 rings (SSSR count). The van der Waals surface area contributed by atoms with Gasteiger partial charge < -0.3 is 4.74 Å². The summed E-state index contributed by atoms with van der Waals surface area (Å²) in [6.45, 7) is 13.6. The molecule has 2 aromatic heterocycles. The third kappa shape index (κ3) is 4.26. The van der Waals surface area contributed by atoms with E-state index in [-0.39, 0.29) is 5.91 Å². The lowest BCUT2D eigenvalue weighted by Gasteiger charge is -2.29. The number of morpholine rings is 1. The molecule has 0 bridgehead atoms. The predicted octanol–water partition coefficient (Wildman–Crippen LogP) is 3.42. The highest BCUT2D eigenvalue weighted by molar-refractivity contribution is 7.22. The van der Waals surface area contributed by atoms with Gasteiger partial charge in [-0.05, 0) is 57.0 Å². The van der Waals surface area contributed by atoms with Crippen LogP contribution in [0.25, 0.3) is 10.2 Å². The van der Waals surface area contributed by atoms with Crippen LogP contribution in [-0.2, 0) is 11.3 Å². The predicted molar refractivity (Wildman–Crippen MR) is 121 cm³/mol. The topological polar surface area (TPSA) is 63.5 Å². The van der Waals surface area contributed by atoms with Crippen molar-refractivity contribution in [1.29, 1.82) is 0 Å². The largest absolute Gasteiger partial charge is 0.379 e. The molecule has 8 heteroatoms. The summed E-state index contributed by atoms with van der Waals surface area (Å²) in [6, 6.07) is 6.13. The molecule has 1 aliphatic rings. The first-order valence-electron chi connectivity index (χ1n) is 10.5. The normalized spacial score (nSPS) is 15.1. The second-order valence-corrected chi connectivity index (χ2v) is 8.81. The minimum absolute atomic E-state index is 0.0916. The zero-order valence-corrected chi connectivity index (χ0v) is 19.0. The lowest BCUT2D eigenvalue weighted by atomic mass is 10.1. The number of hydrogen-bond donors (Lipinski definition) is 0. The molecule has 3 aromatic rings. The summed E-state index contributed by atoms with van der Waals surface area (Å²) < 4.78 is 8.42. The minimum Gasteiger partial charge on any atom is -0.379 e. The van der Waals surface area contributed by atoms with Crippen LogP contribution in [-0.4, -0.2) is 65.0 Å². The Balaban J connectivity index is 1.66. The van der Waals surface area contributed by atoms with Crippen LogP contribution in [0, 0.1) is 20.8 Å². The average molecular weight is 428 g/mol. The molecule has 0 unspecified atom stereocenters. The molecule has 0 spiro atoms. The summed E-state index contributed by atoms with van der Waals surface area (Å²) in [6.07, 6.45) is 0. The number of ether oxygens (including phenoxy) is 1. The number of aryl methyl sites for hydroxylation is 4. The Kier molecular flexibility index (Phi) is 6.17. The molecule has 160 valence electrons. The van der Waals surface area contributed by atoms with Crippen molar-refractivity contribution in [3.63, 3.8) is 0 Å². The third-order valence-electron chi connectivity index (χ3n) is 5.71. The lowest BCUT2D eigenvalue weighted by Crippen LogP contribution is -2.43. The SMILES string of the molecule is CCn1nc(C(=O)N(CCN2CCOCC2)c2nc3cc(C)c(C)cc3s2)cc1C. The van der Waals surface area contributed by atoms with Gasteiger partial charge in [0.2, 0.25) is 0 Å². The fraction of sp³-hybridized carbons (Fsp3) is 0.500. The van der Waals surface area contributed by atoms with E-state index in [9.17, 15) is 4.79 Å². The zero-order valence-electron chi connectivity index (χ0n) is 18.1. The molecule has 1 saturated heterocycles. The highest BCUT2D eigenvalue weighted by Crippen LogP contribution is 2.31. The van der Waals surface area contributed by atoms with Crippen molar-refractivity contribution in [2.24, 2.45) is 0 Å². The first-order chi connectivity index (χ1) is 14.5. The zero-order chi connectivity index (χ0) is 21.3. The number of nitrogens with zero attached hydrogens (tertiary/aromatic N) is 5. The summed E-state index contributed by atoms with van der Waals surface area (Å²) in [4.78, 5) is 22.4. The van der Waals surface area contributed by atoms with Gasteiger partial charge in [-0.2, -0.15) is 5.10 Å². The summed E-state index contributed by atoms with van der Waals surface area (Å²) in [5.41, 5.74) is 4.86. The van der Waals surface area contributed by atoms with E-state index in [4.69, 9.17) is 9.72 Å². The van der Waals surface area contributed by atoms with Crippen LogP contribution >= 0.6 is 11.3 Å². The Hall–Kier alpha value is -2.29. The van der Waals surface area contributed by atoms with Gasteiger partial charge >= 0.3 is 0 Å². The fourth-order valence-corrected chi connectivity index (χ4v) is 4.78. The number of fused-ring (bicyclic) bond motifs is 1. The highest BCUT2D eigenvalue weighted by Gasteiger charge is 2.25. The van der Waals surface area contributed by atoms with Crippen LogP contribution in [0.4, 0.5) is 5.13 Å². The van der Waals surface area contributed by atoms with Gasteiger partial charge in [-0.3, -0.25) is 19.3 Å². The lowest BCUT2D eigenvalue weighted by molar-refractivity contribution is 0.0391. The molecule has 0 saturated carbocycles. The monoisotopic (exact) mass is 427 g/mol. The number of hydrogen-bond acceptors (Lipinski definition) is 6. The summed E-state index contributed by atoms with van der Waals surface area (Å²) in [5.74, 6) is -0.0916. The van der Waals surface area contributed by atoms with Crippen molar-refractivity contribution in [3.05, 3.63) is 40.7 Å². The maximum atomic E-state index is 13.5. The van der Waals surface area contributed by atoms with Crippen LogP contribution in [0.3, 0.4) is 0 Å². The third-order valence-corrected chi connectivity index (χ3v) is 6.75. The van der Waals surface area contributed by atoms with Gasteiger partial charge in [0, 0.05) is 38.4 Å². The number of thiazole rings is 1. The van der Waals surface area contributed by atoms with E-state index in [1.165, 1.54) is 11.1 Å². The van der Waals surface area contributed by atoms with Crippen molar-refractivity contribution in [3.8, 4) is 0 Å². The minimum atomic E-state index is -0.0916. The van der Waals surface area contributed by atoms with Crippen molar-refractivity contribution in [2.45, 2.75) is 34.2 Å². The quantitative estimate of drug-likeness (QED) is 0.603. The van der Waals surface area contributed by atoms with Gasteiger partial charge in [0.1, 0.15) is 0 Å². The van der Waals surface area contributed by atoms with Gasteiger partial charge in [0.05, 0.1) is 23.4 Å². The molecule has 0 radical (unpaired) electrons. The second-order valence-electron chi connectivity index (χ2n) is 7.80. The van der Waals surface area contributed by atoms with Gasteiger partial charge in [0.15, 0.2) is 10.8 Å². The first kappa shape index (κ1) is 21.0. The van der Waals surface area contributed by atoms with E-state index in [2.05, 4.69) is 36.0 Å². The molecule has 1 aliphatic heterocycles. The number of benzene rings is 1. The van der Waals surface area contributed by atoms with Crippen molar-refractivity contribution < 1.29 is 9.53 Å². The maximum Gasteiger partial charge on any atom is 0.280 e. The molecular formula is C22H29N5O2S. The summed E-state index contributed by atoms with van der Waals surface area (Å²) in [5, 5.41) is 5.25. The molecule has 3 heterocycles. The Labute approximate surface area is 181 Å². The molecular weight excluding hydrogens is 398 g/mol. The van der Waals surface area contributed by atoms with Crippen molar-refractivity contribution in [1.82, 2.24) is 19.7 Å². The smallest absolute Gasteiger partial charge is 0.280 e. The molecule has 7 nitrogen and oxygen atoms in total. The molecule has 1 aromatic carbocycles. The Morgan fingerprint density at radius 2 is 1.90 bits per heavy atom. The fourth-order valence-electron chi connectivity index (χ4n) is 3.71. The number of amides is 1. The number of rotatable bonds is 6. The van der Waals surface area contributed by atoms with Gasteiger partial charge in [-0.15, -0.1) is 0 Å². The van der Waals surface area contributed by atoms with Crippen LogP contribution in [0.5, 0.6) is 0 Å². The maximum absolute atomic E-state index is 13.5. The Morgan fingerprint density at radius 1 is 1.17 bits per heavy atom. The number of carbonyl (C=O) groups excluding carboxylic acids is 1. The standard InChI is InChI=1S/C22H29N5O2S/c1-5-27-17(4)14-19(24-27)21(28)26(7-6-25-8-10-29-11-9-25)22-23-18-12-15(2)16(3)13-20(18)30-22/h12-14H,5-11H2,1-4H3. The Morgan fingerprint density at radius 3 is 2.60 bits per heavy atom. The highest BCUT2D eigenvalue weighted by atomic mass is 32.1. The van der Waals surface area contributed by atoms with Crippen molar-refractivity contribution in [2.75, 3.05) is 44.3 Å². The molecule has 30 heavy (non-hydrogen) atoms. The van der Waals surface area contributed by atoms with E-state index < -0.39 is 0 Å². The van der Waals surface area contributed by atoms with E-state index in [1.54, 1.807) is 16.2 Å². The van der Waals surface area contributed by atoms with Gasteiger partial charge in [-0.25, -0.2) is 4.98 Å². The number of aromatic nitrogens is 3. The molecule has 1 amide bonds. The number of carbonyl (C=O) groups is 1. The van der Waals surface area contributed by atoms with Crippen LogP contribution < -0.4 is 4.90 Å². The average Bonchev–Trinajstić information content (AvgIpc) is 3.32. The summed E-state index contributed by atoms with van der Waals surface area (Å²) in [7, 11) is 0. The van der Waals surface area contributed by atoms with Crippen LogP contribution in [0.2, 0.25) is 0 Å². The molecule has 0 atom stereocenters. The molecule has 0 aliphatic carbocycles.